The minimum absolute atomic E-state index is 0.304. The highest BCUT2D eigenvalue weighted by Gasteiger charge is 2.19. The number of hydrogen-bond acceptors (Lipinski definition) is 5. The molecule has 4 rings (SSSR count). The molecule has 0 radical (unpaired) electrons. The average Bonchev–Trinajstić information content (AvgIpc) is 3.46. The first kappa shape index (κ1) is 17.7. The van der Waals surface area contributed by atoms with E-state index < -0.39 is 11.8 Å². The van der Waals surface area contributed by atoms with E-state index in [1.165, 1.54) is 17.6 Å². The number of benzene rings is 1. The van der Waals surface area contributed by atoms with Gasteiger partial charge in [-0.3, -0.25) is 20.4 Å². The summed E-state index contributed by atoms with van der Waals surface area (Å²) in [6.07, 6.45) is 1.42. The Kier molecular flexibility index (Phi) is 4.77. The molecule has 0 bridgehead atoms. The van der Waals surface area contributed by atoms with E-state index in [0.29, 0.717) is 22.7 Å². The van der Waals surface area contributed by atoms with Crippen LogP contribution in [0.4, 0.5) is 0 Å². The van der Waals surface area contributed by atoms with Gasteiger partial charge in [-0.05, 0) is 42.6 Å². The standard InChI is InChI=1S/C20H16N4O3S/c1-13-15(9-10-27-13)19(25)21-22-20(26)17-12-16(18-8-5-11-28-18)23-24(17)14-6-3-2-4-7-14/h2-12H,1H3,(H,21,25)(H,22,26). The maximum absolute atomic E-state index is 12.8. The van der Waals surface area contributed by atoms with Gasteiger partial charge in [0.15, 0.2) is 0 Å². The Morgan fingerprint density at radius 3 is 2.50 bits per heavy atom. The van der Waals surface area contributed by atoms with Crippen molar-refractivity contribution in [3.05, 3.63) is 83.3 Å². The molecule has 2 N–H and O–H groups in total. The molecule has 4 aromatic rings. The number of nitrogens with zero attached hydrogens (tertiary/aromatic N) is 2. The maximum atomic E-state index is 12.8. The summed E-state index contributed by atoms with van der Waals surface area (Å²) in [5, 5.41) is 6.52. The maximum Gasteiger partial charge on any atom is 0.288 e. The van der Waals surface area contributed by atoms with E-state index >= 15 is 0 Å². The first-order valence-electron chi connectivity index (χ1n) is 8.47. The number of para-hydroxylation sites is 1. The molecule has 2 amide bonds. The van der Waals surface area contributed by atoms with Crippen molar-refractivity contribution in [3.8, 4) is 16.3 Å². The third-order valence-corrected chi connectivity index (χ3v) is 5.00. The second-order valence-corrected chi connectivity index (χ2v) is 6.89. The minimum Gasteiger partial charge on any atom is -0.469 e. The fraction of sp³-hybridized carbons (Fsp3) is 0.0500. The monoisotopic (exact) mass is 392 g/mol. The lowest BCUT2D eigenvalue weighted by atomic mass is 10.2. The summed E-state index contributed by atoms with van der Waals surface area (Å²) in [5.74, 6) is -0.460. The quantitative estimate of drug-likeness (QED) is 0.520. The first-order chi connectivity index (χ1) is 13.6. The van der Waals surface area contributed by atoms with Crippen molar-refractivity contribution in [1.82, 2.24) is 20.6 Å². The highest BCUT2D eigenvalue weighted by Crippen LogP contribution is 2.25. The van der Waals surface area contributed by atoms with Crippen LogP contribution in [0.3, 0.4) is 0 Å². The van der Waals surface area contributed by atoms with Crippen LogP contribution in [-0.2, 0) is 0 Å². The van der Waals surface area contributed by atoms with Crippen molar-refractivity contribution in [2.45, 2.75) is 6.92 Å². The van der Waals surface area contributed by atoms with E-state index in [2.05, 4.69) is 16.0 Å². The summed E-state index contributed by atoms with van der Waals surface area (Å²) >= 11 is 1.54. The molecule has 0 aliphatic rings. The molecule has 0 aliphatic carbocycles. The summed E-state index contributed by atoms with van der Waals surface area (Å²) in [6.45, 7) is 1.68. The van der Waals surface area contributed by atoms with E-state index in [0.717, 1.165) is 10.6 Å². The number of thiophene rings is 1. The fourth-order valence-corrected chi connectivity index (χ4v) is 3.40. The van der Waals surface area contributed by atoms with Crippen LogP contribution >= 0.6 is 11.3 Å². The van der Waals surface area contributed by atoms with E-state index in [9.17, 15) is 9.59 Å². The van der Waals surface area contributed by atoms with Gasteiger partial charge in [-0.25, -0.2) is 4.68 Å². The topological polar surface area (TPSA) is 89.2 Å². The zero-order chi connectivity index (χ0) is 19.5. The molecule has 0 spiro atoms. The number of aromatic nitrogens is 2. The van der Waals surface area contributed by atoms with Crippen molar-refractivity contribution in [2.75, 3.05) is 0 Å². The Bertz CT molecular complexity index is 1110. The SMILES string of the molecule is Cc1occc1C(=O)NNC(=O)c1cc(-c2cccs2)nn1-c1ccccc1. The number of hydrogen-bond donors (Lipinski definition) is 2. The Hall–Kier alpha value is -3.65. The number of amides is 2. The summed E-state index contributed by atoms with van der Waals surface area (Å²) in [4.78, 5) is 25.9. The summed E-state index contributed by atoms with van der Waals surface area (Å²) in [6, 6.07) is 16.4. The van der Waals surface area contributed by atoms with Gasteiger partial charge in [-0.1, -0.05) is 24.3 Å². The van der Waals surface area contributed by atoms with E-state index in [1.54, 1.807) is 23.7 Å². The molecule has 0 unspecified atom stereocenters. The van der Waals surface area contributed by atoms with Gasteiger partial charge < -0.3 is 4.42 Å². The van der Waals surface area contributed by atoms with Crippen molar-refractivity contribution in [1.29, 1.82) is 0 Å². The summed E-state index contributed by atoms with van der Waals surface area (Å²) in [7, 11) is 0. The van der Waals surface area contributed by atoms with Crippen LogP contribution in [0.5, 0.6) is 0 Å². The van der Waals surface area contributed by atoms with Gasteiger partial charge in [0.1, 0.15) is 17.1 Å². The van der Waals surface area contributed by atoms with Crippen LogP contribution < -0.4 is 10.9 Å². The molecule has 28 heavy (non-hydrogen) atoms. The number of hydrazine groups is 1. The molecule has 0 aliphatic heterocycles. The molecule has 3 aromatic heterocycles. The highest BCUT2D eigenvalue weighted by atomic mass is 32.1. The van der Waals surface area contributed by atoms with E-state index in [4.69, 9.17) is 4.42 Å². The molecule has 0 fully saturated rings. The van der Waals surface area contributed by atoms with Crippen LogP contribution in [-0.4, -0.2) is 21.6 Å². The zero-order valence-corrected chi connectivity index (χ0v) is 15.7. The lowest BCUT2D eigenvalue weighted by Crippen LogP contribution is -2.42. The fourth-order valence-electron chi connectivity index (χ4n) is 2.72. The highest BCUT2D eigenvalue weighted by molar-refractivity contribution is 7.13. The van der Waals surface area contributed by atoms with Crippen molar-refractivity contribution in [3.63, 3.8) is 0 Å². The Morgan fingerprint density at radius 1 is 1.04 bits per heavy atom. The van der Waals surface area contributed by atoms with E-state index in [1.807, 2.05) is 47.8 Å². The normalized spacial score (nSPS) is 10.6. The number of furan rings is 1. The second kappa shape index (κ2) is 7.53. The summed E-state index contributed by atoms with van der Waals surface area (Å²) in [5.41, 5.74) is 6.94. The third-order valence-electron chi connectivity index (χ3n) is 4.11. The molecule has 0 atom stereocenters. The van der Waals surface area contributed by atoms with Crippen molar-refractivity contribution >= 4 is 23.2 Å². The molecular weight excluding hydrogens is 376 g/mol. The Balaban J connectivity index is 1.61. The second-order valence-electron chi connectivity index (χ2n) is 5.94. The van der Waals surface area contributed by atoms with Gasteiger partial charge in [0, 0.05) is 0 Å². The Labute approximate surface area is 164 Å². The number of rotatable bonds is 4. The smallest absolute Gasteiger partial charge is 0.288 e. The van der Waals surface area contributed by atoms with E-state index in [-0.39, 0.29) is 0 Å². The van der Waals surface area contributed by atoms with Gasteiger partial charge in [0.05, 0.1) is 22.4 Å². The van der Waals surface area contributed by atoms with Gasteiger partial charge in [0.2, 0.25) is 0 Å². The lowest BCUT2D eigenvalue weighted by Gasteiger charge is -2.09. The molecular formula is C20H16N4O3S. The van der Waals surface area contributed by atoms with Gasteiger partial charge >= 0.3 is 0 Å². The summed E-state index contributed by atoms with van der Waals surface area (Å²) < 4.78 is 6.67. The molecule has 0 saturated heterocycles. The van der Waals surface area contributed by atoms with Crippen LogP contribution in [0, 0.1) is 6.92 Å². The lowest BCUT2D eigenvalue weighted by molar-refractivity contribution is 0.0841. The van der Waals surface area contributed by atoms with Gasteiger partial charge in [-0.2, -0.15) is 5.10 Å². The molecule has 3 heterocycles. The average molecular weight is 392 g/mol. The molecule has 0 saturated carbocycles. The number of nitrogens with one attached hydrogen (secondary N) is 2. The van der Waals surface area contributed by atoms with Crippen molar-refractivity contribution < 1.29 is 14.0 Å². The van der Waals surface area contributed by atoms with Crippen LogP contribution in [0.1, 0.15) is 26.6 Å². The number of carbonyl (C=O) groups excluding carboxylic acids is 2. The first-order valence-corrected chi connectivity index (χ1v) is 9.35. The van der Waals surface area contributed by atoms with Crippen LogP contribution in [0.15, 0.2) is 70.7 Å². The van der Waals surface area contributed by atoms with Crippen molar-refractivity contribution in [2.24, 2.45) is 0 Å². The largest absolute Gasteiger partial charge is 0.469 e. The minimum atomic E-state index is -0.478. The van der Waals surface area contributed by atoms with Crippen LogP contribution in [0.2, 0.25) is 0 Å². The molecule has 1 aromatic carbocycles. The predicted octanol–water partition coefficient (Wildman–Crippen LogP) is 3.58. The molecule has 7 nitrogen and oxygen atoms in total. The Morgan fingerprint density at radius 2 is 1.82 bits per heavy atom. The number of aryl methyl sites for hydroxylation is 1. The van der Waals surface area contributed by atoms with Gasteiger partial charge in [-0.15, -0.1) is 11.3 Å². The predicted molar refractivity (Wildman–Crippen MR) is 105 cm³/mol. The van der Waals surface area contributed by atoms with Gasteiger partial charge in [0.25, 0.3) is 11.8 Å². The molecule has 140 valence electrons. The zero-order valence-electron chi connectivity index (χ0n) is 14.9. The number of carbonyl (C=O) groups is 2. The molecule has 8 heteroatoms. The van der Waals surface area contributed by atoms with Crippen LogP contribution in [0.25, 0.3) is 16.3 Å². The third kappa shape index (κ3) is 3.45.